The summed E-state index contributed by atoms with van der Waals surface area (Å²) in [7, 11) is -3.56. The Morgan fingerprint density at radius 3 is 2.22 bits per heavy atom. The zero-order valence-electron chi connectivity index (χ0n) is 24.9. The second-order valence-corrected chi connectivity index (χ2v) is 12.6. The van der Waals surface area contributed by atoms with Crippen LogP contribution in [0.25, 0.3) is 0 Å². The first-order valence-corrected chi connectivity index (χ1v) is 16.1. The number of hydrogen-bond donors (Lipinski definition) is 1. The molecule has 0 aliphatic carbocycles. The van der Waals surface area contributed by atoms with E-state index in [1.165, 1.54) is 10.6 Å². The third-order valence-electron chi connectivity index (χ3n) is 7.19. The summed E-state index contributed by atoms with van der Waals surface area (Å²) >= 11 is 0. The van der Waals surface area contributed by atoms with E-state index in [0.717, 1.165) is 34.2 Å². The maximum absolute atomic E-state index is 13.9. The van der Waals surface area contributed by atoms with Crippen LogP contribution in [0.15, 0.2) is 72.8 Å². The third kappa shape index (κ3) is 9.46. The molecule has 0 radical (unpaired) electrons. The number of carbonyl (C=O) groups excluding carboxylic acids is 2. The van der Waals surface area contributed by atoms with Crippen molar-refractivity contribution in [2.75, 3.05) is 23.7 Å². The highest BCUT2D eigenvalue weighted by atomic mass is 32.2. The Bertz CT molecular complexity index is 1420. The van der Waals surface area contributed by atoms with E-state index in [-0.39, 0.29) is 31.3 Å². The van der Waals surface area contributed by atoms with E-state index in [2.05, 4.69) is 5.32 Å². The number of nitrogens with one attached hydrogen (secondary N) is 1. The zero-order valence-corrected chi connectivity index (χ0v) is 25.7. The van der Waals surface area contributed by atoms with Crippen LogP contribution in [0.4, 0.5) is 5.69 Å². The molecule has 3 aromatic carbocycles. The lowest BCUT2D eigenvalue weighted by molar-refractivity contribution is -0.141. The van der Waals surface area contributed by atoms with Gasteiger partial charge in [-0.2, -0.15) is 0 Å². The van der Waals surface area contributed by atoms with Gasteiger partial charge >= 0.3 is 0 Å². The van der Waals surface area contributed by atoms with E-state index >= 15 is 0 Å². The molecule has 0 heterocycles. The van der Waals surface area contributed by atoms with E-state index in [9.17, 15) is 18.0 Å². The van der Waals surface area contributed by atoms with Crippen molar-refractivity contribution in [1.82, 2.24) is 10.2 Å². The molecule has 0 aliphatic rings. The lowest BCUT2D eigenvalue weighted by atomic mass is 10.0. The first-order chi connectivity index (χ1) is 19.5. The minimum Gasteiger partial charge on any atom is -0.354 e. The molecule has 3 aromatic rings. The van der Waals surface area contributed by atoms with E-state index in [0.29, 0.717) is 25.1 Å². The lowest BCUT2D eigenvalue weighted by Crippen LogP contribution is -2.50. The molecule has 8 heteroatoms. The number of benzene rings is 3. The minimum absolute atomic E-state index is 0.106. The largest absolute Gasteiger partial charge is 0.354 e. The molecule has 7 nitrogen and oxygen atoms in total. The van der Waals surface area contributed by atoms with Crippen LogP contribution >= 0.6 is 0 Å². The van der Waals surface area contributed by atoms with Gasteiger partial charge in [-0.25, -0.2) is 8.42 Å². The fraction of sp³-hybridized carbons (Fsp3) is 0.394. The second kappa shape index (κ2) is 14.8. The number of hydrogen-bond acceptors (Lipinski definition) is 4. The molecule has 220 valence electrons. The van der Waals surface area contributed by atoms with Gasteiger partial charge in [0.15, 0.2) is 0 Å². The number of nitrogens with zero attached hydrogens (tertiary/aromatic N) is 2. The van der Waals surface area contributed by atoms with Crippen LogP contribution < -0.4 is 9.62 Å². The SMILES string of the molecule is CCCNC(=O)[C@H](Cc1ccccc1)N(Cc1cccc(C)c1)C(=O)CCCN(c1ccc(C)c(C)c1)S(C)(=O)=O. The molecule has 0 fully saturated rings. The summed E-state index contributed by atoms with van der Waals surface area (Å²) in [6.07, 6.45) is 2.77. The first-order valence-electron chi connectivity index (χ1n) is 14.2. The molecule has 0 aliphatic heterocycles. The highest BCUT2D eigenvalue weighted by Crippen LogP contribution is 2.23. The Morgan fingerprint density at radius 2 is 1.59 bits per heavy atom. The summed E-state index contributed by atoms with van der Waals surface area (Å²) in [5.41, 5.74) is 5.63. The van der Waals surface area contributed by atoms with Crippen LogP contribution in [0.1, 0.15) is 54.0 Å². The summed E-state index contributed by atoms with van der Waals surface area (Å²) < 4.78 is 26.7. The number of sulfonamides is 1. The molecule has 2 amide bonds. The molecule has 3 rings (SSSR count). The van der Waals surface area contributed by atoms with E-state index in [4.69, 9.17) is 0 Å². The van der Waals surface area contributed by atoms with Crippen LogP contribution in [-0.2, 0) is 32.6 Å². The Kier molecular flexibility index (Phi) is 11.5. The van der Waals surface area contributed by atoms with Crippen LogP contribution in [0.5, 0.6) is 0 Å². The van der Waals surface area contributed by atoms with Crippen molar-refractivity contribution in [3.05, 3.63) is 101 Å². The van der Waals surface area contributed by atoms with Gasteiger partial charge in [0.2, 0.25) is 21.8 Å². The zero-order chi connectivity index (χ0) is 30.0. The molecular formula is C33H43N3O4S. The molecule has 0 unspecified atom stereocenters. The molecular weight excluding hydrogens is 534 g/mol. The monoisotopic (exact) mass is 577 g/mol. The van der Waals surface area contributed by atoms with E-state index < -0.39 is 16.1 Å². The standard InChI is InChI=1S/C33H43N3O4S/c1-6-19-34-33(38)31(23-28-13-8-7-9-14-28)35(24-29-15-10-12-25(2)21-29)32(37)16-11-20-36(41(5,39)40)30-18-17-26(3)27(4)22-30/h7-10,12-15,17-18,21-22,31H,6,11,16,19-20,23-24H2,1-5H3,(H,34,38)/t31-/m0/s1. The van der Waals surface area contributed by atoms with Gasteiger partial charge in [0.25, 0.3) is 0 Å². The number of amides is 2. The number of rotatable bonds is 14. The smallest absolute Gasteiger partial charge is 0.243 e. The predicted octanol–water partition coefficient (Wildman–Crippen LogP) is 5.32. The molecule has 1 N–H and O–H groups in total. The minimum atomic E-state index is -3.56. The Balaban J connectivity index is 1.88. The summed E-state index contributed by atoms with van der Waals surface area (Å²) in [6, 6.07) is 22.5. The van der Waals surface area contributed by atoms with Crippen LogP contribution in [0, 0.1) is 20.8 Å². The molecule has 0 spiro atoms. The molecule has 0 saturated carbocycles. The third-order valence-corrected chi connectivity index (χ3v) is 8.38. The summed E-state index contributed by atoms with van der Waals surface area (Å²) in [4.78, 5) is 29.0. The van der Waals surface area contributed by atoms with Gasteiger partial charge in [-0.15, -0.1) is 0 Å². The van der Waals surface area contributed by atoms with Crippen LogP contribution in [-0.4, -0.2) is 50.5 Å². The van der Waals surface area contributed by atoms with Gasteiger partial charge < -0.3 is 10.2 Å². The molecule has 1 atom stereocenters. The second-order valence-electron chi connectivity index (χ2n) is 10.7. The Morgan fingerprint density at radius 1 is 0.878 bits per heavy atom. The van der Waals surface area contributed by atoms with E-state index in [1.54, 1.807) is 11.0 Å². The van der Waals surface area contributed by atoms with Crippen molar-refractivity contribution < 1.29 is 18.0 Å². The maximum atomic E-state index is 13.9. The average molecular weight is 578 g/mol. The molecule has 0 aromatic heterocycles. The fourth-order valence-electron chi connectivity index (χ4n) is 4.81. The van der Waals surface area contributed by atoms with Crippen molar-refractivity contribution in [3.63, 3.8) is 0 Å². The predicted molar refractivity (Wildman–Crippen MR) is 166 cm³/mol. The summed E-state index contributed by atoms with van der Waals surface area (Å²) in [5.74, 6) is -0.378. The average Bonchev–Trinajstić information content (AvgIpc) is 2.93. The fourth-order valence-corrected chi connectivity index (χ4v) is 5.77. The molecule has 41 heavy (non-hydrogen) atoms. The summed E-state index contributed by atoms with van der Waals surface area (Å²) in [6.45, 7) is 8.89. The summed E-state index contributed by atoms with van der Waals surface area (Å²) in [5, 5.41) is 2.99. The Hall–Kier alpha value is -3.65. The highest BCUT2D eigenvalue weighted by Gasteiger charge is 2.30. The normalized spacial score (nSPS) is 12.0. The van der Waals surface area contributed by atoms with Gasteiger partial charge in [0.1, 0.15) is 6.04 Å². The lowest BCUT2D eigenvalue weighted by Gasteiger charge is -2.32. The quantitative estimate of drug-likeness (QED) is 0.281. The molecule has 0 saturated heterocycles. The van der Waals surface area contributed by atoms with Gasteiger partial charge in [-0.3, -0.25) is 13.9 Å². The number of aryl methyl sites for hydroxylation is 3. The molecule has 0 bridgehead atoms. The van der Waals surface area contributed by atoms with Crippen molar-refractivity contribution in [1.29, 1.82) is 0 Å². The van der Waals surface area contributed by atoms with Crippen LogP contribution in [0.2, 0.25) is 0 Å². The number of carbonyl (C=O) groups is 2. The van der Waals surface area contributed by atoms with Crippen molar-refractivity contribution in [3.8, 4) is 0 Å². The highest BCUT2D eigenvalue weighted by molar-refractivity contribution is 7.92. The maximum Gasteiger partial charge on any atom is 0.243 e. The van der Waals surface area contributed by atoms with Gasteiger partial charge in [0, 0.05) is 32.5 Å². The van der Waals surface area contributed by atoms with Crippen molar-refractivity contribution in [2.45, 2.75) is 66.0 Å². The Labute approximate surface area is 245 Å². The van der Waals surface area contributed by atoms with Gasteiger partial charge in [0.05, 0.1) is 11.9 Å². The van der Waals surface area contributed by atoms with E-state index in [1.807, 2.05) is 94.4 Å². The first kappa shape index (κ1) is 31.9. The van der Waals surface area contributed by atoms with Gasteiger partial charge in [-0.05, 0) is 68.0 Å². The van der Waals surface area contributed by atoms with Crippen molar-refractivity contribution in [2.24, 2.45) is 0 Å². The van der Waals surface area contributed by atoms with Crippen LogP contribution in [0.3, 0.4) is 0 Å². The number of anilines is 1. The van der Waals surface area contributed by atoms with Crippen molar-refractivity contribution >= 4 is 27.5 Å². The van der Waals surface area contributed by atoms with Gasteiger partial charge in [-0.1, -0.05) is 73.2 Å². The topological polar surface area (TPSA) is 86.8 Å².